The van der Waals surface area contributed by atoms with Crippen LogP contribution in [0.4, 0.5) is 5.95 Å². The van der Waals surface area contributed by atoms with E-state index in [1.807, 2.05) is 20.8 Å². The number of carbonyl (C=O) groups excluding carboxylic acids is 1. The second-order valence-corrected chi connectivity index (χ2v) is 5.44. The maximum atomic E-state index is 12.1. The van der Waals surface area contributed by atoms with Crippen molar-refractivity contribution in [3.63, 3.8) is 0 Å². The maximum Gasteiger partial charge on any atom is 0.277 e. The standard InChI is InChI=1S/C13H18N6OS/c1-4-8-9(5-2)18-19-13(16-8)17-11(20)10-6-21-12(15-10)7(3)14/h6-7H,4-5,14H2,1-3H3,(H,16,17,19,20). The van der Waals surface area contributed by atoms with Gasteiger partial charge in [-0.3, -0.25) is 10.1 Å². The Morgan fingerprint density at radius 1 is 1.29 bits per heavy atom. The van der Waals surface area contributed by atoms with Gasteiger partial charge in [0.2, 0.25) is 5.95 Å². The molecule has 0 bridgehead atoms. The van der Waals surface area contributed by atoms with E-state index in [4.69, 9.17) is 5.73 Å². The zero-order chi connectivity index (χ0) is 15.4. The van der Waals surface area contributed by atoms with E-state index >= 15 is 0 Å². The number of aryl methyl sites for hydroxylation is 2. The molecule has 7 nitrogen and oxygen atoms in total. The first-order chi connectivity index (χ1) is 10.0. The molecule has 1 unspecified atom stereocenters. The van der Waals surface area contributed by atoms with Crippen molar-refractivity contribution in [2.24, 2.45) is 5.73 Å². The maximum absolute atomic E-state index is 12.1. The summed E-state index contributed by atoms with van der Waals surface area (Å²) in [5.74, 6) is -0.157. The van der Waals surface area contributed by atoms with Gasteiger partial charge in [0.1, 0.15) is 10.7 Å². The first kappa shape index (κ1) is 15.5. The van der Waals surface area contributed by atoms with Crippen LogP contribution in [0.25, 0.3) is 0 Å². The van der Waals surface area contributed by atoms with E-state index in [1.165, 1.54) is 11.3 Å². The van der Waals surface area contributed by atoms with Gasteiger partial charge in [0.25, 0.3) is 5.91 Å². The summed E-state index contributed by atoms with van der Waals surface area (Å²) in [4.78, 5) is 20.6. The van der Waals surface area contributed by atoms with E-state index < -0.39 is 0 Å². The molecule has 2 aromatic rings. The van der Waals surface area contributed by atoms with Crippen molar-refractivity contribution in [1.82, 2.24) is 20.2 Å². The number of amides is 1. The number of nitrogens with zero attached hydrogens (tertiary/aromatic N) is 4. The van der Waals surface area contributed by atoms with Crippen LogP contribution >= 0.6 is 11.3 Å². The lowest BCUT2D eigenvalue weighted by Gasteiger charge is -2.06. The molecule has 1 amide bonds. The van der Waals surface area contributed by atoms with Crippen LogP contribution in [-0.4, -0.2) is 26.1 Å². The van der Waals surface area contributed by atoms with Crippen molar-refractivity contribution >= 4 is 23.2 Å². The third kappa shape index (κ3) is 3.59. The number of anilines is 1. The van der Waals surface area contributed by atoms with E-state index in [2.05, 4.69) is 25.5 Å². The molecule has 0 aliphatic rings. The summed E-state index contributed by atoms with van der Waals surface area (Å²) in [6, 6.07) is -0.190. The normalized spacial score (nSPS) is 12.2. The number of rotatable bonds is 5. The van der Waals surface area contributed by atoms with E-state index in [0.29, 0.717) is 5.69 Å². The Bertz CT molecular complexity index is 639. The van der Waals surface area contributed by atoms with Gasteiger partial charge in [-0.05, 0) is 19.8 Å². The lowest BCUT2D eigenvalue weighted by molar-refractivity contribution is 0.102. The highest BCUT2D eigenvalue weighted by atomic mass is 32.1. The van der Waals surface area contributed by atoms with Gasteiger partial charge in [0.15, 0.2) is 0 Å². The fraction of sp³-hybridized carbons (Fsp3) is 0.462. The van der Waals surface area contributed by atoms with Crippen molar-refractivity contribution in [2.45, 2.75) is 39.7 Å². The molecule has 0 fully saturated rings. The minimum atomic E-state index is -0.355. The smallest absolute Gasteiger partial charge is 0.277 e. The van der Waals surface area contributed by atoms with E-state index in [-0.39, 0.29) is 17.9 Å². The van der Waals surface area contributed by atoms with Crippen molar-refractivity contribution in [1.29, 1.82) is 0 Å². The van der Waals surface area contributed by atoms with Crippen LogP contribution in [-0.2, 0) is 12.8 Å². The summed E-state index contributed by atoms with van der Waals surface area (Å²) in [5, 5.41) is 13.0. The Labute approximate surface area is 127 Å². The first-order valence-corrected chi connectivity index (χ1v) is 7.67. The van der Waals surface area contributed by atoms with Gasteiger partial charge in [0, 0.05) is 5.38 Å². The molecule has 21 heavy (non-hydrogen) atoms. The molecule has 3 N–H and O–H groups in total. The Kier molecular flexibility index (Phi) is 4.92. The van der Waals surface area contributed by atoms with Gasteiger partial charge in [-0.25, -0.2) is 9.97 Å². The highest BCUT2D eigenvalue weighted by molar-refractivity contribution is 7.09. The lowest BCUT2D eigenvalue weighted by atomic mass is 10.2. The average molecular weight is 306 g/mol. The molecule has 0 aliphatic carbocycles. The van der Waals surface area contributed by atoms with Crippen LogP contribution in [0.5, 0.6) is 0 Å². The Morgan fingerprint density at radius 3 is 2.57 bits per heavy atom. The van der Waals surface area contributed by atoms with Gasteiger partial charge >= 0.3 is 0 Å². The molecule has 0 radical (unpaired) electrons. The van der Waals surface area contributed by atoms with Crippen LogP contribution in [0.2, 0.25) is 0 Å². The number of aromatic nitrogens is 4. The number of nitrogens with one attached hydrogen (secondary N) is 1. The summed E-state index contributed by atoms with van der Waals surface area (Å²) >= 11 is 1.36. The molecule has 0 aliphatic heterocycles. The van der Waals surface area contributed by atoms with Crippen molar-refractivity contribution in [3.8, 4) is 0 Å². The van der Waals surface area contributed by atoms with Crippen molar-refractivity contribution in [3.05, 3.63) is 27.5 Å². The summed E-state index contributed by atoms with van der Waals surface area (Å²) < 4.78 is 0. The Balaban J connectivity index is 2.15. The SMILES string of the molecule is CCc1nnc(NC(=O)c2csc(C(C)N)n2)nc1CC. The highest BCUT2D eigenvalue weighted by Gasteiger charge is 2.15. The molecular formula is C13H18N6OS. The number of thiazole rings is 1. The van der Waals surface area contributed by atoms with Gasteiger partial charge in [-0.2, -0.15) is 0 Å². The fourth-order valence-corrected chi connectivity index (χ4v) is 2.52. The van der Waals surface area contributed by atoms with Crippen LogP contribution < -0.4 is 11.1 Å². The summed E-state index contributed by atoms with van der Waals surface area (Å²) in [6.07, 6.45) is 1.51. The topological polar surface area (TPSA) is 107 Å². The monoisotopic (exact) mass is 306 g/mol. The largest absolute Gasteiger partial charge is 0.322 e. The molecule has 0 saturated carbocycles. The second-order valence-electron chi connectivity index (χ2n) is 4.55. The Morgan fingerprint density at radius 2 is 2.00 bits per heavy atom. The van der Waals surface area contributed by atoms with E-state index in [1.54, 1.807) is 5.38 Å². The predicted molar refractivity (Wildman–Crippen MR) is 81.3 cm³/mol. The molecular weight excluding hydrogens is 288 g/mol. The molecule has 2 rings (SSSR count). The number of carbonyl (C=O) groups is 1. The zero-order valence-corrected chi connectivity index (χ0v) is 13.1. The fourth-order valence-electron chi connectivity index (χ4n) is 1.76. The first-order valence-electron chi connectivity index (χ1n) is 6.79. The third-order valence-corrected chi connectivity index (χ3v) is 3.92. The predicted octanol–water partition coefficient (Wildman–Crippen LogP) is 1.72. The average Bonchev–Trinajstić information content (AvgIpc) is 2.97. The molecule has 8 heteroatoms. The Hall–Kier alpha value is -1.93. The quantitative estimate of drug-likeness (QED) is 0.871. The second kappa shape index (κ2) is 6.68. The van der Waals surface area contributed by atoms with Crippen molar-refractivity contribution < 1.29 is 4.79 Å². The van der Waals surface area contributed by atoms with Crippen LogP contribution in [0.3, 0.4) is 0 Å². The molecule has 0 aromatic carbocycles. The van der Waals surface area contributed by atoms with Gasteiger partial charge in [-0.15, -0.1) is 21.5 Å². The summed E-state index contributed by atoms with van der Waals surface area (Å²) in [6.45, 7) is 5.81. The van der Waals surface area contributed by atoms with Gasteiger partial charge in [-0.1, -0.05) is 13.8 Å². The molecule has 112 valence electrons. The number of hydrogen-bond donors (Lipinski definition) is 2. The molecule has 0 spiro atoms. The minimum Gasteiger partial charge on any atom is -0.322 e. The molecule has 1 atom stereocenters. The molecule has 0 saturated heterocycles. The van der Waals surface area contributed by atoms with Crippen LogP contribution in [0, 0.1) is 0 Å². The summed E-state index contributed by atoms with van der Waals surface area (Å²) in [5.41, 5.74) is 7.74. The van der Waals surface area contributed by atoms with Gasteiger partial charge < -0.3 is 5.73 Å². The van der Waals surface area contributed by atoms with Crippen LogP contribution in [0.15, 0.2) is 5.38 Å². The number of hydrogen-bond acceptors (Lipinski definition) is 7. The number of nitrogens with two attached hydrogens (primary N) is 1. The summed E-state index contributed by atoms with van der Waals surface area (Å²) in [7, 11) is 0. The highest BCUT2D eigenvalue weighted by Crippen LogP contribution is 2.16. The van der Waals surface area contributed by atoms with Crippen molar-refractivity contribution in [2.75, 3.05) is 5.32 Å². The lowest BCUT2D eigenvalue weighted by Crippen LogP contribution is -2.17. The van der Waals surface area contributed by atoms with Crippen LogP contribution in [0.1, 0.15) is 53.7 Å². The third-order valence-electron chi connectivity index (χ3n) is 2.88. The van der Waals surface area contributed by atoms with Gasteiger partial charge in [0.05, 0.1) is 17.4 Å². The molecule has 2 heterocycles. The minimum absolute atomic E-state index is 0.190. The zero-order valence-electron chi connectivity index (χ0n) is 12.3. The molecule has 2 aromatic heterocycles. The van der Waals surface area contributed by atoms with E-state index in [0.717, 1.165) is 29.2 Å². The van der Waals surface area contributed by atoms with E-state index in [9.17, 15) is 4.79 Å².